The molecule has 2 aromatic rings. The van der Waals surface area contributed by atoms with Gasteiger partial charge in [0.25, 0.3) is 0 Å². The van der Waals surface area contributed by atoms with E-state index in [4.69, 9.17) is 11.6 Å². The number of likely N-dealkylation sites (tertiary alicyclic amines) is 1. The number of carbonyl (C=O) groups is 1. The Balaban J connectivity index is 1.62. The van der Waals surface area contributed by atoms with Crippen molar-refractivity contribution in [2.75, 3.05) is 13.1 Å². The van der Waals surface area contributed by atoms with E-state index in [0.717, 1.165) is 30.2 Å². The van der Waals surface area contributed by atoms with Crippen LogP contribution in [0.5, 0.6) is 0 Å². The normalized spacial score (nSPS) is 18.2. The maximum Gasteiger partial charge on any atom is 0.228 e. The second kappa shape index (κ2) is 5.90. The molecule has 1 fully saturated rings. The van der Waals surface area contributed by atoms with E-state index in [1.54, 1.807) is 4.68 Å². The van der Waals surface area contributed by atoms with E-state index in [9.17, 15) is 4.79 Å². The quantitative estimate of drug-likeness (QED) is 0.874. The Morgan fingerprint density at radius 2 is 2.29 bits per heavy atom. The number of amides is 1. The zero-order valence-corrected chi connectivity index (χ0v) is 12.8. The fourth-order valence-corrected chi connectivity index (χ4v) is 3.04. The molecule has 0 aliphatic carbocycles. The van der Waals surface area contributed by atoms with Crippen molar-refractivity contribution in [1.29, 1.82) is 0 Å². The highest BCUT2D eigenvalue weighted by Crippen LogP contribution is 2.29. The van der Waals surface area contributed by atoms with E-state index in [1.165, 1.54) is 5.56 Å². The molecule has 1 saturated heterocycles. The average Bonchev–Trinajstić information content (AvgIpc) is 3.08. The number of rotatable bonds is 3. The highest BCUT2D eigenvalue weighted by molar-refractivity contribution is 6.30. The zero-order valence-electron chi connectivity index (χ0n) is 12.0. The molecular formula is C16H18ClN3O. The lowest BCUT2D eigenvalue weighted by Gasteiger charge is -2.16. The molecule has 2 heterocycles. The van der Waals surface area contributed by atoms with Crippen LogP contribution < -0.4 is 0 Å². The first kappa shape index (κ1) is 14.1. The van der Waals surface area contributed by atoms with Crippen molar-refractivity contribution in [3.8, 4) is 0 Å². The Morgan fingerprint density at radius 1 is 1.43 bits per heavy atom. The topological polar surface area (TPSA) is 38.1 Å². The number of carbonyl (C=O) groups excluding carboxylic acids is 1. The van der Waals surface area contributed by atoms with Gasteiger partial charge in [0.2, 0.25) is 5.91 Å². The molecule has 0 N–H and O–H groups in total. The summed E-state index contributed by atoms with van der Waals surface area (Å²) in [5.41, 5.74) is 2.05. The molecule has 1 aliphatic heterocycles. The standard InChI is InChI=1S/C16H18ClN3O/c1-19-7-6-15(18-19)10-16(21)20-8-5-13(11-20)12-3-2-4-14(17)9-12/h2-4,6-7,9,13H,5,8,10-11H2,1H3. The van der Waals surface area contributed by atoms with Crippen LogP contribution in [-0.4, -0.2) is 33.7 Å². The van der Waals surface area contributed by atoms with Crippen molar-refractivity contribution < 1.29 is 4.79 Å². The van der Waals surface area contributed by atoms with E-state index in [-0.39, 0.29) is 5.91 Å². The lowest BCUT2D eigenvalue weighted by Crippen LogP contribution is -2.30. The number of nitrogens with zero attached hydrogens (tertiary/aromatic N) is 3. The van der Waals surface area contributed by atoms with Crippen LogP contribution in [-0.2, 0) is 18.3 Å². The Bertz CT molecular complexity index is 652. The van der Waals surface area contributed by atoms with Gasteiger partial charge in [-0.25, -0.2) is 0 Å². The van der Waals surface area contributed by atoms with Gasteiger partial charge in [-0.2, -0.15) is 5.10 Å². The molecule has 3 rings (SSSR count). The number of halogens is 1. The van der Waals surface area contributed by atoms with Gasteiger partial charge in [0, 0.05) is 37.3 Å². The van der Waals surface area contributed by atoms with Crippen LogP contribution in [0.3, 0.4) is 0 Å². The first-order chi connectivity index (χ1) is 10.1. The fraction of sp³-hybridized carbons (Fsp3) is 0.375. The number of hydrogen-bond acceptors (Lipinski definition) is 2. The summed E-state index contributed by atoms with van der Waals surface area (Å²) in [7, 11) is 1.86. The van der Waals surface area contributed by atoms with Gasteiger partial charge in [0.1, 0.15) is 0 Å². The highest BCUT2D eigenvalue weighted by atomic mass is 35.5. The molecule has 1 aliphatic rings. The molecule has 1 aromatic heterocycles. The lowest BCUT2D eigenvalue weighted by atomic mass is 9.99. The average molecular weight is 304 g/mol. The van der Waals surface area contributed by atoms with Gasteiger partial charge in [-0.15, -0.1) is 0 Å². The molecule has 0 radical (unpaired) electrons. The Labute approximate surface area is 129 Å². The third-order valence-corrected chi connectivity index (χ3v) is 4.20. The van der Waals surface area contributed by atoms with E-state index >= 15 is 0 Å². The summed E-state index contributed by atoms with van der Waals surface area (Å²) in [6.45, 7) is 1.58. The van der Waals surface area contributed by atoms with Crippen LogP contribution in [0.2, 0.25) is 5.02 Å². The number of aromatic nitrogens is 2. The summed E-state index contributed by atoms with van der Waals surface area (Å²) in [4.78, 5) is 14.2. The molecule has 5 heteroatoms. The molecule has 1 amide bonds. The molecule has 1 aromatic carbocycles. The van der Waals surface area contributed by atoms with Gasteiger partial charge < -0.3 is 4.90 Å². The van der Waals surface area contributed by atoms with Crippen molar-refractivity contribution in [3.05, 3.63) is 52.8 Å². The van der Waals surface area contributed by atoms with Crippen molar-refractivity contribution in [2.24, 2.45) is 7.05 Å². The molecule has 110 valence electrons. The number of benzene rings is 1. The maximum absolute atomic E-state index is 12.3. The SMILES string of the molecule is Cn1ccc(CC(=O)N2CCC(c3cccc(Cl)c3)C2)n1. The molecule has 0 spiro atoms. The molecule has 4 nitrogen and oxygen atoms in total. The van der Waals surface area contributed by atoms with Gasteiger partial charge in [0.15, 0.2) is 0 Å². The summed E-state index contributed by atoms with van der Waals surface area (Å²) in [6.07, 6.45) is 3.23. The first-order valence-corrected chi connectivity index (χ1v) is 7.51. The smallest absolute Gasteiger partial charge is 0.228 e. The van der Waals surface area contributed by atoms with Gasteiger partial charge in [-0.05, 0) is 30.2 Å². The minimum absolute atomic E-state index is 0.151. The monoisotopic (exact) mass is 303 g/mol. The van der Waals surface area contributed by atoms with Crippen LogP contribution in [0.1, 0.15) is 23.6 Å². The molecule has 0 bridgehead atoms. The van der Waals surface area contributed by atoms with Crippen LogP contribution in [0.15, 0.2) is 36.5 Å². The summed E-state index contributed by atoms with van der Waals surface area (Å²) >= 11 is 6.04. The number of aryl methyl sites for hydroxylation is 1. The lowest BCUT2D eigenvalue weighted by molar-refractivity contribution is -0.129. The second-order valence-corrected chi connectivity index (χ2v) is 5.97. The van der Waals surface area contributed by atoms with Crippen LogP contribution >= 0.6 is 11.6 Å². The van der Waals surface area contributed by atoms with Gasteiger partial charge in [-0.3, -0.25) is 9.48 Å². The first-order valence-electron chi connectivity index (χ1n) is 7.13. The van der Waals surface area contributed by atoms with Crippen LogP contribution in [0.4, 0.5) is 0 Å². The van der Waals surface area contributed by atoms with Crippen LogP contribution in [0.25, 0.3) is 0 Å². The van der Waals surface area contributed by atoms with Gasteiger partial charge >= 0.3 is 0 Å². The van der Waals surface area contributed by atoms with Crippen molar-refractivity contribution >= 4 is 17.5 Å². The summed E-state index contributed by atoms with van der Waals surface area (Å²) < 4.78 is 1.72. The van der Waals surface area contributed by atoms with Crippen LogP contribution in [0, 0.1) is 0 Å². The highest BCUT2D eigenvalue weighted by Gasteiger charge is 2.27. The fourth-order valence-electron chi connectivity index (χ4n) is 2.84. The Hall–Kier alpha value is -1.81. The summed E-state index contributed by atoms with van der Waals surface area (Å²) in [5.74, 6) is 0.537. The Kier molecular flexibility index (Phi) is 3.97. The molecule has 21 heavy (non-hydrogen) atoms. The molecule has 1 atom stereocenters. The maximum atomic E-state index is 12.3. The zero-order chi connectivity index (χ0) is 14.8. The van der Waals surface area contributed by atoms with E-state index in [2.05, 4.69) is 11.2 Å². The third kappa shape index (κ3) is 3.27. The summed E-state index contributed by atoms with van der Waals surface area (Å²) in [5, 5.41) is 5.02. The Morgan fingerprint density at radius 3 is 3.00 bits per heavy atom. The van der Waals surface area contributed by atoms with Crippen molar-refractivity contribution in [1.82, 2.24) is 14.7 Å². The van der Waals surface area contributed by atoms with Gasteiger partial charge in [0.05, 0.1) is 12.1 Å². The van der Waals surface area contributed by atoms with E-state index < -0.39 is 0 Å². The van der Waals surface area contributed by atoms with E-state index in [0.29, 0.717) is 12.3 Å². The van der Waals surface area contributed by atoms with Crippen molar-refractivity contribution in [3.63, 3.8) is 0 Å². The molecular weight excluding hydrogens is 286 g/mol. The molecule has 1 unspecified atom stereocenters. The third-order valence-electron chi connectivity index (χ3n) is 3.96. The largest absolute Gasteiger partial charge is 0.342 e. The minimum Gasteiger partial charge on any atom is -0.342 e. The number of hydrogen-bond donors (Lipinski definition) is 0. The van der Waals surface area contributed by atoms with E-state index in [1.807, 2.05) is 42.4 Å². The predicted octanol–water partition coefficient (Wildman–Crippen LogP) is 2.63. The van der Waals surface area contributed by atoms with Gasteiger partial charge in [-0.1, -0.05) is 23.7 Å². The predicted molar refractivity (Wildman–Crippen MR) is 82.3 cm³/mol. The summed E-state index contributed by atoms with van der Waals surface area (Å²) in [6, 6.07) is 9.82. The minimum atomic E-state index is 0.151. The van der Waals surface area contributed by atoms with Crippen molar-refractivity contribution in [2.45, 2.75) is 18.8 Å². The molecule has 0 saturated carbocycles. The second-order valence-electron chi connectivity index (χ2n) is 5.54.